The molecule has 2 amide bonds. The molecule has 6 rings (SSSR count). The zero-order chi connectivity index (χ0) is 24.3. The smallest absolute Gasteiger partial charge is 0.240 e. The summed E-state index contributed by atoms with van der Waals surface area (Å²) in [5, 5.41) is 0.519. The van der Waals surface area contributed by atoms with Crippen LogP contribution in [0.5, 0.6) is 5.75 Å². The summed E-state index contributed by atoms with van der Waals surface area (Å²) < 4.78 is 5.45. The summed E-state index contributed by atoms with van der Waals surface area (Å²) in [6.07, 6.45) is 3.78. The van der Waals surface area contributed by atoms with Crippen molar-refractivity contribution in [3.8, 4) is 5.75 Å². The highest BCUT2D eigenvalue weighted by Crippen LogP contribution is 2.54. The number of halogens is 1. The molecule has 35 heavy (non-hydrogen) atoms. The average Bonchev–Trinajstić information content (AvgIpc) is 3.36. The Morgan fingerprint density at radius 1 is 0.886 bits per heavy atom. The van der Waals surface area contributed by atoms with E-state index in [1.807, 2.05) is 41.4 Å². The van der Waals surface area contributed by atoms with Crippen LogP contribution in [0.1, 0.15) is 27.5 Å². The first-order chi connectivity index (χ1) is 17.0. The van der Waals surface area contributed by atoms with E-state index in [0.717, 1.165) is 11.1 Å². The van der Waals surface area contributed by atoms with E-state index in [9.17, 15) is 14.4 Å². The molecular formula is C28H21ClN2O4. The summed E-state index contributed by atoms with van der Waals surface area (Å²) in [6, 6.07) is 20.1. The Morgan fingerprint density at radius 3 is 2.34 bits per heavy atom. The number of ketones is 1. The van der Waals surface area contributed by atoms with E-state index in [-0.39, 0.29) is 11.7 Å². The minimum atomic E-state index is -0.837. The lowest BCUT2D eigenvalue weighted by Crippen LogP contribution is -2.44. The third kappa shape index (κ3) is 3.13. The van der Waals surface area contributed by atoms with Crippen LogP contribution < -0.4 is 9.64 Å². The van der Waals surface area contributed by atoms with Crippen LogP contribution in [0.4, 0.5) is 5.69 Å². The number of nitrogens with zero attached hydrogens (tertiary/aromatic N) is 2. The van der Waals surface area contributed by atoms with E-state index in [0.29, 0.717) is 22.0 Å². The van der Waals surface area contributed by atoms with Crippen molar-refractivity contribution in [3.63, 3.8) is 0 Å². The van der Waals surface area contributed by atoms with Crippen LogP contribution in [0.2, 0.25) is 5.02 Å². The fourth-order valence-corrected chi connectivity index (χ4v) is 5.82. The van der Waals surface area contributed by atoms with Gasteiger partial charge < -0.3 is 9.64 Å². The number of rotatable bonds is 4. The second-order valence-corrected chi connectivity index (χ2v) is 9.32. The Morgan fingerprint density at radius 2 is 1.57 bits per heavy atom. The van der Waals surface area contributed by atoms with E-state index in [2.05, 4.69) is 0 Å². The number of Topliss-reactive ketones (excluding diaryl/α,β-unsaturated/α-hetero) is 1. The molecular weight excluding hydrogens is 464 g/mol. The molecule has 3 aliphatic heterocycles. The van der Waals surface area contributed by atoms with Gasteiger partial charge in [-0.05, 0) is 53.6 Å². The van der Waals surface area contributed by atoms with Crippen molar-refractivity contribution in [2.45, 2.75) is 12.1 Å². The van der Waals surface area contributed by atoms with Crippen LogP contribution >= 0.6 is 11.6 Å². The quantitative estimate of drug-likeness (QED) is 0.395. The standard InChI is InChI=1S/C28H21ClN2O4/c1-35-21-9-5-4-8-20(21)31-27(33)22-23(28(31)34)25(26(32)17-10-12-18(29)13-11-17)30-15-14-16-6-2-3-7-19(16)24(22)30/h2-15,22-25H,1H3/t22-,23+,24-,25-/m0/s1. The number of anilines is 1. The lowest BCUT2D eigenvalue weighted by molar-refractivity contribution is -0.123. The van der Waals surface area contributed by atoms with E-state index in [4.69, 9.17) is 16.3 Å². The Labute approximate surface area is 207 Å². The molecule has 3 heterocycles. The Bertz CT molecular complexity index is 1400. The molecule has 2 fully saturated rings. The van der Waals surface area contributed by atoms with Gasteiger partial charge in [0.15, 0.2) is 5.78 Å². The summed E-state index contributed by atoms with van der Waals surface area (Å²) in [5.74, 6) is -2.05. The molecule has 0 aliphatic carbocycles. The molecule has 0 aromatic heterocycles. The third-order valence-corrected chi connectivity index (χ3v) is 7.44. The molecule has 0 N–H and O–H groups in total. The molecule has 0 bridgehead atoms. The van der Waals surface area contributed by atoms with Crippen molar-refractivity contribution >= 4 is 41.0 Å². The number of hydrogen-bond donors (Lipinski definition) is 0. The van der Waals surface area contributed by atoms with Gasteiger partial charge in [-0.15, -0.1) is 0 Å². The van der Waals surface area contributed by atoms with Gasteiger partial charge in [0.25, 0.3) is 0 Å². The maximum atomic E-state index is 14.0. The number of imide groups is 1. The van der Waals surface area contributed by atoms with Gasteiger partial charge in [0.05, 0.1) is 30.7 Å². The number of para-hydroxylation sites is 2. The fourth-order valence-electron chi connectivity index (χ4n) is 5.69. The first kappa shape index (κ1) is 21.6. The Hall–Kier alpha value is -3.90. The van der Waals surface area contributed by atoms with Crippen molar-refractivity contribution in [2.24, 2.45) is 11.8 Å². The fraction of sp³-hybridized carbons (Fsp3) is 0.179. The highest BCUT2D eigenvalue weighted by molar-refractivity contribution is 6.30. The Kier molecular flexibility index (Phi) is 5.00. The largest absolute Gasteiger partial charge is 0.495 e. The second-order valence-electron chi connectivity index (χ2n) is 8.89. The molecule has 3 aromatic carbocycles. The summed E-state index contributed by atoms with van der Waals surface area (Å²) >= 11 is 6.04. The summed E-state index contributed by atoms with van der Waals surface area (Å²) in [4.78, 5) is 44.9. The molecule has 0 radical (unpaired) electrons. The van der Waals surface area contributed by atoms with Gasteiger partial charge in [0.2, 0.25) is 11.8 Å². The van der Waals surface area contributed by atoms with Gasteiger partial charge in [-0.3, -0.25) is 14.4 Å². The number of fused-ring (bicyclic) bond motifs is 5. The summed E-state index contributed by atoms with van der Waals surface area (Å²) in [5.41, 5.74) is 2.74. The van der Waals surface area contributed by atoms with Crippen molar-refractivity contribution in [3.05, 3.63) is 101 Å². The molecule has 2 saturated heterocycles. The second kappa shape index (κ2) is 8.10. The lowest BCUT2D eigenvalue weighted by Gasteiger charge is -2.35. The average molecular weight is 485 g/mol. The highest BCUT2D eigenvalue weighted by Gasteiger charge is 2.64. The molecule has 3 aromatic rings. The molecule has 174 valence electrons. The molecule has 4 atom stereocenters. The minimum Gasteiger partial charge on any atom is -0.495 e. The highest BCUT2D eigenvalue weighted by atomic mass is 35.5. The predicted molar refractivity (Wildman–Crippen MR) is 132 cm³/mol. The number of carbonyl (C=O) groups excluding carboxylic acids is 3. The third-order valence-electron chi connectivity index (χ3n) is 7.19. The molecule has 0 unspecified atom stereocenters. The van der Waals surface area contributed by atoms with Gasteiger partial charge in [0.1, 0.15) is 11.8 Å². The van der Waals surface area contributed by atoms with Crippen LogP contribution in [0.3, 0.4) is 0 Å². The summed E-state index contributed by atoms with van der Waals surface area (Å²) in [7, 11) is 1.50. The van der Waals surface area contributed by atoms with Gasteiger partial charge in [-0.2, -0.15) is 0 Å². The number of carbonyl (C=O) groups is 3. The van der Waals surface area contributed by atoms with Crippen molar-refractivity contribution in [2.75, 3.05) is 12.0 Å². The van der Waals surface area contributed by atoms with Crippen LogP contribution in [0.25, 0.3) is 6.08 Å². The molecule has 6 nitrogen and oxygen atoms in total. The topological polar surface area (TPSA) is 66.9 Å². The molecule has 7 heteroatoms. The first-order valence-corrected chi connectivity index (χ1v) is 11.7. The van der Waals surface area contributed by atoms with Gasteiger partial charge in [0, 0.05) is 16.8 Å². The number of methoxy groups -OCH3 is 1. The van der Waals surface area contributed by atoms with E-state index < -0.39 is 29.8 Å². The molecule has 0 saturated carbocycles. The SMILES string of the molecule is COc1ccccc1N1C(=O)[C@@H]2[C@H](C1=O)[C@@H]1c3ccccc3C=CN1[C@@H]2C(=O)c1ccc(Cl)cc1. The zero-order valence-electron chi connectivity index (χ0n) is 18.8. The van der Waals surface area contributed by atoms with Crippen LogP contribution in [-0.4, -0.2) is 35.6 Å². The molecule has 3 aliphatic rings. The first-order valence-electron chi connectivity index (χ1n) is 11.4. The van der Waals surface area contributed by atoms with Crippen molar-refractivity contribution < 1.29 is 19.1 Å². The maximum absolute atomic E-state index is 14.0. The van der Waals surface area contributed by atoms with Crippen molar-refractivity contribution in [1.82, 2.24) is 4.90 Å². The number of hydrogen-bond acceptors (Lipinski definition) is 5. The number of ether oxygens (including phenoxy) is 1. The number of benzene rings is 3. The molecule has 0 spiro atoms. The van der Waals surface area contributed by atoms with E-state index >= 15 is 0 Å². The van der Waals surface area contributed by atoms with Gasteiger partial charge in [-0.25, -0.2) is 4.90 Å². The van der Waals surface area contributed by atoms with Gasteiger partial charge >= 0.3 is 0 Å². The van der Waals surface area contributed by atoms with Crippen molar-refractivity contribution in [1.29, 1.82) is 0 Å². The minimum absolute atomic E-state index is 0.216. The monoisotopic (exact) mass is 484 g/mol. The maximum Gasteiger partial charge on any atom is 0.240 e. The van der Waals surface area contributed by atoms with Crippen LogP contribution in [0, 0.1) is 11.8 Å². The Balaban J connectivity index is 1.51. The normalized spacial score (nSPS) is 24.3. The van der Waals surface area contributed by atoms with E-state index in [1.165, 1.54) is 12.0 Å². The summed E-state index contributed by atoms with van der Waals surface area (Å²) in [6.45, 7) is 0. The van der Waals surface area contributed by atoms with E-state index in [1.54, 1.807) is 48.5 Å². The number of amides is 2. The van der Waals surface area contributed by atoms with Crippen LogP contribution in [0.15, 0.2) is 79.0 Å². The van der Waals surface area contributed by atoms with Gasteiger partial charge in [-0.1, -0.05) is 48.0 Å². The zero-order valence-corrected chi connectivity index (χ0v) is 19.6. The van der Waals surface area contributed by atoms with Crippen LogP contribution in [-0.2, 0) is 9.59 Å². The predicted octanol–water partition coefficient (Wildman–Crippen LogP) is 4.75. The lowest BCUT2D eigenvalue weighted by atomic mass is 9.83.